The molecule has 13 unspecified atom stereocenters. The molecule has 0 aromatic heterocycles. The lowest BCUT2D eigenvalue weighted by molar-refractivity contribution is -0.154. The van der Waals surface area contributed by atoms with Crippen LogP contribution < -0.4 is 21.3 Å². The Morgan fingerprint density at radius 1 is 0.670 bits per heavy atom. The molecule has 25 heteroatoms. The summed E-state index contributed by atoms with van der Waals surface area (Å²) in [6, 6.07) is -9.55. The van der Waals surface area contributed by atoms with Gasteiger partial charge >= 0.3 is 6.03 Å². The zero-order valence-corrected chi connectivity index (χ0v) is 60.1. The van der Waals surface area contributed by atoms with Crippen LogP contribution in [0.2, 0.25) is 0 Å². The summed E-state index contributed by atoms with van der Waals surface area (Å²) in [6.07, 6.45) is 2.83. The third-order valence-electron chi connectivity index (χ3n) is 18.4. The summed E-state index contributed by atoms with van der Waals surface area (Å²) < 4.78 is 6.96. The Balaban J connectivity index is 2.70. The van der Waals surface area contributed by atoms with E-state index in [0.29, 0.717) is 44.7 Å². The molecule has 0 spiro atoms. The smallest absolute Gasteiger partial charge is 0.319 e. The molecular formula is C66H121N13O12. The molecule has 4 N–H and O–H groups in total. The van der Waals surface area contributed by atoms with Gasteiger partial charge < -0.3 is 64.7 Å². The third kappa shape index (κ3) is 22.5. The molecule has 2 saturated heterocycles. The highest BCUT2D eigenvalue weighted by atomic mass is 16.5. The molecule has 2 fully saturated rings. The normalized spacial score (nSPS) is 21.5. The Morgan fingerprint density at radius 3 is 1.77 bits per heavy atom. The summed E-state index contributed by atoms with van der Waals surface area (Å²) in [4.78, 5) is 170. The standard InChI is InChI=1S/C66H121N13O12/c1-25-49(60(86)73(19)47(13)59(85)78(24)66(40-82,37-44(8)9)68-50(38-80)45(10)11)67-58(84)55-56(46(12)29-32-79-31-26-30-72(18)33-34-79)91-48(14)54(63(89)77(55)23)76(22)61(87)51(28-27-41(2)3)74(20)62(88)53(36-43(6)7)75(21)64(90)70-65(15,39-81)69-57(83)52(71(16)17)35-42(4)5/h38-56,68H,25-37H2,1-24H3,(H,67,84)(H,69,83)(H,70,90). The number of likely N-dealkylation sites (N-methyl/N-ethyl adjacent to an activating group) is 8. The number of hydrogen-bond acceptors (Lipinski definition) is 16. The van der Waals surface area contributed by atoms with Crippen LogP contribution in [0, 0.1) is 35.5 Å². The van der Waals surface area contributed by atoms with Crippen molar-refractivity contribution in [3.63, 3.8) is 0 Å². The van der Waals surface area contributed by atoms with Crippen molar-refractivity contribution in [2.24, 2.45) is 35.5 Å². The lowest BCUT2D eigenvalue weighted by Gasteiger charge is -2.43. The molecule has 0 radical (unpaired) electrons. The third-order valence-corrected chi connectivity index (χ3v) is 18.4. The number of carbonyl (C=O) groups is 11. The average Bonchev–Trinajstić information content (AvgIpc) is 1.76. The van der Waals surface area contributed by atoms with E-state index in [1.165, 1.54) is 85.5 Å². The van der Waals surface area contributed by atoms with Gasteiger partial charge in [-0.05, 0) is 148 Å². The maximum atomic E-state index is 15.4. The van der Waals surface area contributed by atoms with Crippen LogP contribution in [0.4, 0.5) is 4.79 Å². The molecule has 2 aliphatic rings. The van der Waals surface area contributed by atoms with Gasteiger partial charge in [0.1, 0.15) is 42.5 Å². The van der Waals surface area contributed by atoms with Gasteiger partial charge in [0, 0.05) is 55.4 Å². The van der Waals surface area contributed by atoms with E-state index in [1.807, 2.05) is 76.2 Å². The Bertz CT molecular complexity index is 2430. The molecule has 0 aromatic carbocycles. The molecule has 0 aromatic rings. The molecule has 2 rings (SSSR count). The van der Waals surface area contributed by atoms with E-state index in [9.17, 15) is 33.6 Å². The first-order chi connectivity index (χ1) is 42.2. The van der Waals surface area contributed by atoms with Gasteiger partial charge in [-0.1, -0.05) is 83.1 Å². The number of amides is 9. The largest absolute Gasteiger partial charge is 0.370 e. The molecule has 2 aliphatic heterocycles. The van der Waals surface area contributed by atoms with Gasteiger partial charge in [-0.2, -0.15) is 0 Å². The van der Waals surface area contributed by atoms with Crippen molar-refractivity contribution in [3.8, 4) is 0 Å². The maximum absolute atomic E-state index is 15.4. The lowest BCUT2D eigenvalue weighted by atomic mass is 9.92. The number of aldehydes is 3. The van der Waals surface area contributed by atoms with Gasteiger partial charge in [0.05, 0.1) is 24.3 Å². The Labute approximate surface area is 545 Å². The van der Waals surface area contributed by atoms with E-state index < -0.39 is 119 Å². The Hall–Kier alpha value is -5.63. The molecule has 25 nitrogen and oxygen atoms in total. The van der Waals surface area contributed by atoms with Gasteiger partial charge in [-0.15, -0.1) is 0 Å². The van der Waals surface area contributed by atoms with Crippen LogP contribution in [0.15, 0.2) is 0 Å². The van der Waals surface area contributed by atoms with Crippen molar-refractivity contribution in [2.45, 2.75) is 227 Å². The molecule has 0 bridgehead atoms. The fraction of sp³-hybridized carbons (Fsp3) is 0.833. The van der Waals surface area contributed by atoms with Crippen molar-refractivity contribution in [1.29, 1.82) is 0 Å². The van der Waals surface area contributed by atoms with Crippen LogP contribution in [-0.2, 0) is 52.7 Å². The maximum Gasteiger partial charge on any atom is 0.319 e. The van der Waals surface area contributed by atoms with Crippen LogP contribution in [0.3, 0.4) is 0 Å². The Morgan fingerprint density at radius 2 is 1.26 bits per heavy atom. The quantitative estimate of drug-likeness (QED) is 0.0523. The molecule has 91 heavy (non-hydrogen) atoms. The summed E-state index contributed by atoms with van der Waals surface area (Å²) in [5.74, 6) is -4.79. The number of hydrogen-bond donors (Lipinski definition) is 4. The van der Waals surface area contributed by atoms with Crippen molar-refractivity contribution in [3.05, 3.63) is 0 Å². The second-order valence-corrected chi connectivity index (χ2v) is 28.6. The van der Waals surface area contributed by atoms with E-state index in [1.54, 1.807) is 32.8 Å². The van der Waals surface area contributed by atoms with Crippen molar-refractivity contribution in [2.75, 3.05) is 96.2 Å². The van der Waals surface area contributed by atoms with Gasteiger partial charge in [0.25, 0.3) is 0 Å². The minimum Gasteiger partial charge on any atom is -0.370 e. The summed E-state index contributed by atoms with van der Waals surface area (Å²) in [5.41, 5.74) is -3.46. The zero-order valence-electron chi connectivity index (χ0n) is 60.1. The van der Waals surface area contributed by atoms with Crippen LogP contribution in [-0.4, -0.2) is 278 Å². The summed E-state index contributed by atoms with van der Waals surface area (Å²) in [5, 5.41) is 11.4. The molecular weight excluding hydrogens is 1170 g/mol. The zero-order chi connectivity index (χ0) is 69.9. The highest BCUT2D eigenvalue weighted by molar-refractivity contribution is 5.98. The van der Waals surface area contributed by atoms with E-state index in [4.69, 9.17) is 4.74 Å². The summed E-state index contributed by atoms with van der Waals surface area (Å²) in [6.45, 7) is 31.5. The minimum atomic E-state index is -1.86. The number of nitrogens with zero attached hydrogens (tertiary/aromatic N) is 9. The van der Waals surface area contributed by atoms with Crippen molar-refractivity contribution >= 4 is 66.2 Å². The fourth-order valence-electron chi connectivity index (χ4n) is 12.2. The molecule has 13 atom stereocenters. The monoisotopic (exact) mass is 1290 g/mol. The van der Waals surface area contributed by atoms with Gasteiger partial charge in [-0.3, -0.25) is 53.4 Å². The molecule has 0 aliphatic carbocycles. The van der Waals surface area contributed by atoms with Gasteiger partial charge in [0.15, 0.2) is 23.9 Å². The van der Waals surface area contributed by atoms with Crippen LogP contribution in [0.1, 0.15) is 155 Å². The summed E-state index contributed by atoms with van der Waals surface area (Å²) >= 11 is 0. The first-order valence-electron chi connectivity index (χ1n) is 33.1. The highest BCUT2D eigenvalue weighted by Crippen LogP contribution is 2.31. The first-order valence-corrected chi connectivity index (χ1v) is 33.1. The lowest BCUT2D eigenvalue weighted by Crippen LogP contribution is -2.67. The number of ether oxygens (including phenoxy) is 1. The summed E-state index contributed by atoms with van der Waals surface area (Å²) in [7, 11) is 14.3. The van der Waals surface area contributed by atoms with Gasteiger partial charge in [-0.25, -0.2) is 4.79 Å². The van der Waals surface area contributed by atoms with E-state index in [0.717, 1.165) is 32.6 Å². The van der Waals surface area contributed by atoms with Crippen LogP contribution in [0.25, 0.3) is 0 Å². The molecule has 0 saturated carbocycles. The van der Waals surface area contributed by atoms with Crippen molar-refractivity contribution < 1.29 is 57.5 Å². The first kappa shape index (κ1) is 81.5. The molecule has 2 heterocycles. The second kappa shape index (κ2) is 36.7. The highest BCUT2D eigenvalue weighted by Gasteiger charge is 2.51. The van der Waals surface area contributed by atoms with Crippen LogP contribution in [0.5, 0.6) is 0 Å². The number of nitrogens with one attached hydrogen (secondary N) is 4. The Kier molecular flexibility index (Phi) is 32.9. The predicted octanol–water partition coefficient (Wildman–Crippen LogP) is 3.37. The van der Waals surface area contributed by atoms with E-state index in [2.05, 4.69) is 38.1 Å². The SMILES string of the molecule is CCC(NC(=O)C1C(C(C)CCN2CCCN(C)CC2)OC(C)C(N(C)C(=O)C(CCC(C)C)N(C)C(=O)C(CC(C)C)N(C)C(=O)NC(C)(C=O)NC(=O)C(CC(C)C)N(C)C)C(=O)N1C)C(=O)N(C)C(C)C(=O)N(C)C(C=O)(CC(C)C)NC(C=O)C(C)C. The second-order valence-electron chi connectivity index (χ2n) is 28.6. The minimum absolute atomic E-state index is 0.0760. The average molecular weight is 1290 g/mol. The molecule has 9 amide bonds. The van der Waals surface area contributed by atoms with Gasteiger partial charge in [0.2, 0.25) is 41.4 Å². The predicted molar refractivity (Wildman–Crippen MR) is 353 cm³/mol. The number of urea groups is 1. The van der Waals surface area contributed by atoms with E-state index >= 15 is 19.2 Å². The fourth-order valence-corrected chi connectivity index (χ4v) is 12.2. The molecule has 522 valence electrons. The van der Waals surface area contributed by atoms with Crippen LogP contribution >= 0.6 is 0 Å². The number of rotatable bonds is 35. The van der Waals surface area contributed by atoms with Crippen molar-refractivity contribution in [1.82, 2.24) is 65.4 Å². The number of carbonyl (C=O) groups excluding carboxylic acids is 11. The van der Waals surface area contributed by atoms with E-state index in [-0.39, 0.29) is 61.2 Å². The topological polar surface area (TPSA) is 274 Å².